The van der Waals surface area contributed by atoms with Crippen molar-refractivity contribution in [2.75, 3.05) is 17.6 Å². The van der Waals surface area contributed by atoms with Crippen molar-refractivity contribution < 1.29 is 8.42 Å². The highest BCUT2D eigenvalue weighted by atomic mass is 79.9. The Morgan fingerprint density at radius 2 is 1.86 bits per heavy atom. The van der Waals surface area contributed by atoms with E-state index >= 15 is 0 Å². The van der Waals surface area contributed by atoms with E-state index in [-0.39, 0.29) is 4.90 Å². The quantitative estimate of drug-likeness (QED) is 0.707. The molecule has 2 aromatic rings. The number of sulfonamides is 1. The van der Waals surface area contributed by atoms with Gasteiger partial charge in [0, 0.05) is 11.0 Å². The maximum absolute atomic E-state index is 12.0. The summed E-state index contributed by atoms with van der Waals surface area (Å²) in [5.41, 5.74) is 7.73. The SMILES string of the molecule is CCNS(=O)(=O)c1ccc(N)c(Nc2ccccc2Br)c1. The smallest absolute Gasteiger partial charge is 0.240 e. The predicted octanol–water partition coefficient (Wildman–Crippen LogP) is 3.07. The summed E-state index contributed by atoms with van der Waals surface area (Å²) < 4.78 is 27.4. The molecule has 0 aliphatic heterocycles. The minimum atomic E-state index is -3.51. The number of benzene rings is 2. The van der Waals surface area contributed by atoms with E-state index in [2.05, 4.69) is 26.0 Å². The lowest BCUT2D eigenvalue weighted by atomic mass is 10.2. The van der Waals surface area contributed by atoms with Gasteiger partial charge in [-0.3, -0.25) is 0 Å². The fourth-order valence-electron chi connectivity index (χ4n) is 1.79. The van der Waals surface area contributed by atoms with Crippen LogP contribution in [-0.4, -0.2) is 15.0 Å². The molecular formula is C14H16BrN3O2S. The zero-order valence-electron chi connectivity index (χ0n) is 11.4. The first-order chi connectivity index (χ1) is 9.94. The van der Waals surface area contributed by atoms with E-state index in [0.29, 0.717) is 17.9 Å². The molecule has 0 aliphatic carbocycles. The molecule has 21 heavy (non-hydrogen) atoms. The van der Waals surface area contributed by atoms with Crippen LogP contribution in [0, 0.1) is 0 Å². The molecule has 4 N–H and O–H groups in total. The Hall–Kier alpha value is -1.57. The van der Waals surface area contributed by atoms with E-state index in [1.54, 1.807) is 13.0 Å². The van der Waals surface area contributed by atoms with Crippen molar-refractivity contribution in [1.82, 2.24) is 4.72 Å². The first-order valence-corrected chi connectivity index (χ1v) is 8.62. The molecule has 7 heteroatoms. The normalized spacial score (nSPS) is 11.3. The first kappa shape index (κ1) is 15.8. The van der Waals surface area contributed by atoms with Gasteiger partial charge in [0.25, 0.3) is 0 Å². The molecule has 0 spiro atoms. The molecule has 112 valence electrons. The second-order valence-electron chi connectivity index (χ2n) is 4.36. The van der Waals surface area contributed by atoms with Crippen LogP contribution in [0.25, 0.3) is 0 Å². The van der Waals surface area contributed by atoms with Gasteiger partial charge in [-0.15, -0.1) is 0 Å². The van der Waals surface area contributed by atoms with Gasteiger partial charge >= 0.3 is 0 Å². The van der Waals surface area contributed by atoms with E-state index < -0.39 is 10.0 Å². The molecule has 0 saturated heterocycles. The molecular weight excluding hydrogens is 354 g/mol. The maximum Gasteiger partial charge on any atom is 0.240 e. The molecule has 0 aliphatic rings. The Bertz CT molecular complexity index is 748. The van der Waals surface area contributed by atoms with Crippen LogP contribution in [0.15, 0.2) is 51.8 Å². The topological polar surface area (TPSA) is 84.2 Å². The third-order valence-electron chi connectivity index (χ3n) is 2.81. The molecule has 0 bridgehead atoms. The Kier molecular flexibility index (Phi) is 4.87. The van der Waals surface area contributed by atoms with E-state index in [1.165, 1.54) is 12.1 Å². The van der Waals surface area contributed by atoms with E-state index in [0.717, 1.165) is 10.2 Å². The fourth-order valence-corrected chi connectivity index (χ4v) is 3.24. The second-order valence-corrected chi connectivity index (χ2v) is 6.98. The minimum Gasteiger partial charge on any atom is -0.397 e. The van der Waals surface area contributed by atoms with Gasteiger partial charge in [-0.1, -0.05) is 19.1 Å². The Morgan fingerprint density at radius 1 is 1.14 bits per heavy atom. The number of anilines is 3. The molecule has 0 saturated carbocycles. The summed E-state index contributed by atoms with van der Waals surface area (Å²) in [7, 11) is -3.51. The van der Waals surface area contributed by atoms with E-state index in [9.17, 15) is 8.42 Å². The zero-order chi connectivity index (χ0) is 15.5. The Balaban J connectivity index is 2.39. The molecule has 0 amide bonds. The van der Waals surface area contributed by atoms with Crippen LogP contribution in [0.4, 0.5) is 17.1 Å². The van der Waals surface area contributed by atoms with Gasteiger partial charge < -0.3 is 11.1 Å². The van der Waals surface area contributed by atoms with Crippen LogP contribution >= 0.6 is 15.9 Å². The van der Waals surface area contributed by atoms with Crippen LogP contribution in [0.5, 0.6) is 0 Å². The summed E-state index contributed by atoms with van der Waals surface area (Å²) in [5, 5.41) is 3.13. The van der Waals surface area contributed by atoms with Crippen molar-refractivity contribution in [3.8, 4) is 0 Å². The summed E-state index contributed by atoms with van der Waals surface area (Å²) in [6.45, 7) is 2.06. The fraction of sp³-hybridized carbons (Fsp3) is 0.143. The summed E-state index contributed by atoms with van der Waals surface area (Å²) >= 11 is 3.43. The molecule has 5 nitrogen and oxygen atoms in total. The van der Waals surface area contributed by atoms with Crippen molar-refractivity contribution in [3.63, 3.8) is 0 Å². The second kappa shape index (κ2) is 6.46. The largest absolute Gasteiger partial charge is 0.397 e. The van der Waals surface area contributed by atoms with Crippen LogP contribution in [-0.2, 0) is 10.0 Å². The summed E-state index contributed by atoms with van der Waals surface area (Å²) in [6, 6.07) is 12.1. The van der Waals surface area contributed by atoms with Crippen molar-refractivity contribution in [2.24, 2.45) is 0 Å². The standard InChI is InChI=1S/C14H16BrN3O2S/c1-2-17-21(19,20)10-7-8-12(16)14(9-10)18-13-6-4-3-5-11(13)15/h3-9,17-18H,2,16H2,1H3. The van der Waals surface area contributed by atoms with Gasteiger partial charge in [0.1, 0.15) is 0 Å². The van der Waals surface area contributed by atoms with E-state index in [1.807, 2.05) is 24.3 Å². The number of halogens is 1. The highest BCUT2D eigenvalue weighted by molar-refractivity contribution is 9.10. The number of rotatable bonds is 5. The zero-order valence-corrected chi connectivity index (χ0v) is 13.8. The van der Waals surface area contributed by atoms with Gasteiger partial charge in [-0.2, -0.15) is 0 Å². The number of nitrogen functional groups attached to an aromatic ring is 1. The molecule has 0 heterocycles. The van der Waals surface area contributed by atoms with Gasteiger partial charge in [0.05, 0.1) is 22.0 Å². The maximum atomic E-state index is 12.0. The number of hydrogen-bond acceptors (Lipinski definition) is 4. The molecule has 0 aromatic heterocycles. The third kappa shape index (κ3) is 3.75. The molecule has 2 aromatic carbocycles. The summed E-state index contributed by atoms with van der Waals surface area (Å²) in [4.78, 5) is 0.174. The van der Waals surface area contributed by atoms with Gasteiger partial charge in [-0.25, -0.2) is 13.1 Å². The number of para-hydroxylation sites is 1. The van der Waals surface area contributed by atoms with Crippen molar-refractivity contribution in [3.05, 3.63) is 46.9 Å². The van der Waals surface area contributed by atoms with E-state index in [4.69, 9.17) is 5.73 Å². The van der Waals surface area contributed by atoms with Crippen LogP contribution < -0.4 is 15.8 Å². The average Bonchev–Trinajstić information content (AvgIpc) is 2.43. The molecule has 0 radical (unpaired) electrons. The first-order valence-electron chi connectivity index (χ1n) is 6.35. The lowest BCUT2D eigenvalue weighted by Gasteiger charge is -2.13. The number of nitrogens with one attached hydrogen (secondary N) is 2. The number of hydrogen-bond donors (Lipinski definition) is 3. The average molecular weight is 370 g/mol. The summed E-state index contributed by atoms with van der Waals surface area (Å²) in [5.74, 6) is 0. The molecule has 0 unspecified atom stereocenters. The molecule has 0 atom stereocenters. The van der Waals surface area contributed by atoms with Crippen molar-refractivity contribution in [1.29, 1.82) is 0 Å². The lowest BCUT2D eigenvalue weighted by Crippen LogP contribution is -2.23. The van der Waals surface area contributed by atoms with Crippen molar-refractivity contribution >= 4 is 43.0 Å². The monoisotopic (exact) mass is 369 g/mol. The minimum absolute atomic E-state index is 0.174. The molecule has 2 rings (SSSR count). The van der Waals surface area contributed by atoms with Gasteiger partial charge in [0.2, 0.25) is 10.0 Å². The lowest BCUT2D eigenvalue weighted by molar-refractivity contribution is 0.584. The van der Waals surface area contributed by atoms with Crippen molar-refractivity contribution in [2.45, 2.75) is 11.8 Å². The van der Waals surface area contributed by atoms with Gasteiger partial charge in [-0.05, 0) is 46.3 Å². The Morgan fingerprint density at radius 3 is 2.52 bits per heavy atom. The predicted molar refractivity (Wildman–Crippen MR) is 89.1 cm³/mol. The van der Waals surface area contributed by atoms with Crippen LogP contribution in [0.2, 0.25) is 0 Å². The number of nitrogens with two attached hydrogens (primary N) is 1. The van der Waals surface area contributed by atoms with Crippen LogP contribution in [0.3, 0.4) is 0 Å². The molecule has 0 fully saturated rings. The van der Waals surface area contributed by atoms with Crippen LogP contribution in [0.1, 0.15) is 6.92 Å². The Labute approximate surface area is 132 Å². The van der Waals surface area contributed by atoms with Gasteiger partial charge in [0.15, 0.2) is 0 Å². The third-order valence-corrected chi connectivity index (χ3v) is 5.05. The highest BCUT2D eigenvalue weighted by Gasteiger charge is 2.14. The summed E-state index contributed by atoms with van der Waals surface area (Å²) in [6.07, 6.45) is 0. The highest BCUT2D eigenvalue weighted by Crippen LogP contribution is 2.30.